The molecule has 1 fully saturated rings. The minimum Gasteiger partial charge on any atom is -0.348 e. The van der Waals surface area contributed by atoms with Gasteiger partial charge in [-0.3, -0.25) is 4.39 Å². The molecule has 1 aliphatic rings. The molecule has 0 bridgehead atoms. The highest BCUT2D eigenvalue weighted by atomic mass is 19.1. The van der Waals surface area contributed by atoms with E-state index in [1.165, 1.54) is 0 Å². The predicted octanol–water partition coefficient (Wildman–Crippen LogP) is 3.55. The highest BCUT2D eigenvalue weighted by molar-refractivity contribution is 4.76. The van der Waals surface area contributed by atoms with Crippen LogP contribution in [0.15, 0.2) is 0 Å². The molecule has 0 radical (unpaired) electrons. The minimum absolute atomic E-state index is 0.135. The van der Waals surface area contributed by atoms with Crippen LogP contribution in [0, 0.1) is 11.8 Å². The zero-order valence-electron chi connectivity index (χ0n) is 11.0. The van der Waals surface area contributed by atoms with Gasteiger partial charge in [0.2, 0.25) is 0 Å². The molecule has 96 valence electrons. The lowest BCUT2D eigenvalue weighted by atomic mass is 9.87. The maximum Gasteiger partial charge on any atom is 0.163 e. The maximum absolute atomic E-state index is 12.8. The van der Waals surface area contributed by atoms with Gasteiger partial charge >= 0.3 is 0 Å². The third-order valence-corrected chi connectivity index (χ3v) is 3.36. The van der Waals surface area contributed by atoms with E-state index in [0.717, 1.165) is 19.3 Å². The van der Waals surface area contributed by atoms with Crippen molar-refractivity contribution in [3.63, 3.8) is 0 Å². The van der Waals surface area contributed by atoms with Crippen LogP contribution in [-0.2, 0) is 9.47 Å². The Kier molecular flexibility index (Phi) is 5.19. The second-order valence-corrected chi connectivity index (χ2v) is 5.37. The highest BCUT2D eigenvalue weighted by Gasteiger charge is 2.34. The smallest absolute Gasteiger partial charge is 0.163 e. The topological polar surface area (TPSA) is 18.5 Å². The Hall–Kier alpha value is -0.150. The largest absolute Gasteiger partial charge is 0.348 e. The van der Waals surface area contributed by atoms with Gasteiger partial charge < -0.3 is 9.47 Å². The number of ether oxygens (including phenoxy) is 2. The van der Waals surface area contributed by atoms with E-state index in [1.54, 1.807) is 0 Å². The van der Waals surface area contributed by atoms with Crippen molar-refractivity contribution in [1.82, 2.24) is 0 Å². The van der Waals surface area contributed by atoms with E-state index >= 15 is 0 Å². The van der Waals surface area contributed by atoms with Gasteiger partial charge in [-0.2, -0.15) is 0 Å². The van der Waals surface area contributed by atoms with Crippen molar-refractivity contribution in [2.45, 2.75) is 58.8 Å². The van der Waals surface area contributed by atoms with Gasteiger partial charge in [-0.25, -0.2) is 0 Å². The average molecular weight is 232 g/mol. The van der Waals surface area contributed by atoms with Crippen LogP contribution >= 0.6 is 0 Å². The summed E-state index contributed by atoms with van der Waals surface area (Å²) in [5.74, 6) is 0.0881. The van der Waals surface area contributed by atoms with Gasteiger partial charge in [0, 0.05) is 0 Å². The summed E-state index contributed by atoms with van der Waals surface area (Å²) in [5.41, 5.74) is 0. The first-order chi connectivity index (χ1) is 7.48. The zero-order chi connectivity index (χ0) is 12.2. The Morgan fingerprint density at radius 1 is 1.44 bits per heavy atom. The molecule has 0 aromatic rings. The van der Waals surface area contributed by atoms with Crippen molar-refractivity contribution >= 4 is 0 Å². The van der Waals surface area contributed by atoms with Crippen LogP contribution in [0.5, 0.6) is 0 Å². The second-order valence-electron chi connectivity index (χ2n) is 5.37. The molecule has 0 saturated carbocycles. The van der Waals surface area contributed by atoms with Crippen molar-refractivity contribution in [3.8, 4) is 0 Å². The highest BCUT2D eigenvalue weighted by Crippen LogP contribution is 2.30. The van der Waals surface area contributed by atoms with Crippen molar-refractivity contribution in [2.24, 2.45) is 11.8 Å². The summed E-state index contributed by atoms with van der Waals surface area (Å²) >= 11 is 0. The molecule has 0 spiro atoms. The molecule has 1 saturated heterocycles. The van der Waals surface area contributed by atoms with Crippen LogP contribution < -0.4 is 0 Å². The number of hydrogen-bond donors (Lipinski definition) is 0. The lowest BCUT2D eigenvalue weighted by Crippen LogP contribution is -2.24. The fraction of sp³-hybridized carbons (Fsp3) is 1.00. The molecule has 3 heteroatoms. The molecule has 2 nitrogen and oxygen atoms in total. The summed E-state index contributed by atoms with van der Waals surface area (Å²) in [5, 5.41) is 0. The summed E-state index contributed by atoms with van der Waals surface area (Å²) in [6, 6.07) is 0. The number of hydrogen-bond acceptors (Lipinski definition) is 2. The minimum atomic E-state index is -0.458. The molecule has 1 rings (SSSR count). The lowest BCUT2D eigenvalue weighted by molar-refractivity contribution is -0.140. The van der Waals surface area contributed by atoms with Crippen LogP contribution in [-0.4, -0.2) is 25.2 Å². The lowest BCUT2D eigenvalue weighted by Gasteiger charge is -2.24. The first kappa shape index (κ1) is 13.9. The molecule has 0 aromatic heterocycles. The van der Waals surface area contributed by atoms with E-state index in [1.807, 2.05) is 13.8 Å². The first-order valence-electron chi connectivity index (χ1n) is 6.36. The summed E-state index contributed by atoms with van der Waals surface area (Å²) < 4.78 is 24.1. The quantitative estimate of drug-likeness (QED) is 0.697. The van der Waals surface area contributed by atoms with Crippen molar-refractivity contribution in [2.75, 3.05) is 13.3 Å². The second kappa shape index (κ2) is 5.97. The van der Waals surface area contributed by atoms with Crippen LogP contribution in [0.25, 0.3) is 0 Å². The zero-order valence-corrected chi connectivity index (χ0v) is 11.0. The maximum atomic E-state index is 12.8. The molecular formula is C13H25FO2. The Bertz CT molecular complexity index is 206. The van der Waals surface area contributed by atoms with Gasteiger partial charge in [-0.1, -0.05) is 20.3 Å². The fourth-order valence-electron chi connectivity index (χ4n) is 2.37. The van der Waals surface area contributed by atoms with Gasteiger partial charge in [0.05, 0.1) is 19.4 Å². The third-order valence-electron chi connectivity index (χ3n) is 3.36. The Balaban J connectivity index is 2.36. The fourth-order valence-corrected chi connectivity index (χ4v) is 2.37. The summed E-state index contributed by atoms with van der Waals surface area (Å²) in [6.45, 7) is 8.50. The molecule has 16 heavy (non-hydrogen) atoms. The van der Waals surface area contributed by atoms with Crippen LogP contribution in [0.2, 0.25) is 0 Å². The number of rotatable bonds is 6. The van der Waals surface area contributed by atoms with Crippen LogP contribution in [0.3, 0.4) is 0 Å². The number of halogens is 1. The molecule has 0 aromatic carbocycles. The van der Waals surface area contributed by atoms with Gasteiger partial charge in [-0.05, 0) is 38.5 Å². The molecule has 0 aliphatic carbocycles. The van der Waals surface area contributed by atoms with Crippen molar-refractivity contribution < 1.29 is 13.9 Å². The Labute approximate surface area is 98.5 Å². The Morgan fingerprint density at radius 3 is 2.56 bits per heavy atom. The van der Waals surface area contributed by atoms with Gasteiger partial charge in [-0.15, -0.1) is 0 Å². The summed E-state index contributed by atoms with van der Waals surface area (Å²) in [7, 11) is 0. The van der Waals surface area contributed by atoms with Crippen LogP contribution in [0.4, 0.5) is 4.39 Å². The van der Waals surface area contributed by atoms with E-state index < -0.39 is 5.79 Å². The van der Waals surface area contributed by atoms with E-state index in [0.29, 0.717) is 12.5 Å². The molecule has 1 aliphatic heterocycles. The van der Waals surface area contributed by atoms with Crippen LogP contribution in [0.1, 0.15) is 47.0 Å². The van der Waals surface area contributed by atoms with E-state index in [9.17, 15) is 4.39 Å². The van der Waals surface area contributed by atoms with Crippen molar-refractivity contribution in [1.29, 1.82) is 0 Å². The Morgan fingerprint density at radius 2 is 2.12 bits per heavy atom. The normalized spacial score (nSPS) is 27.9. The molecule has 0 amide bonds. The van der Waals surface area contributed by atoms with Gasteiger partial charge in [0.1, 0.15) is 0 Å². The molecule has 0 unspecified atom stereocenters. The first-order valence-corrected chi connectivity index (χ1v) is 6.36. The van der Waals surface area contributed by atoms with E-state index in [2.05, 4.69) is 13.8 Å². The standard InChI is InChI=1S/C13H25FO2/c1-5-6-11(8-14)10(2)7-12-9-15-13(3,4)16-12/h10-12H,5-9H2,1-4H3/t10-,11+,12+/m0/s1. The molecule has 3 atom stereocenters. The van der Waals surface area contributed by atoms with E-state index in [-0.39, 0.29) is 18.7 Å². The summed E-state index contributed by atoms with van der Waals surface area (Å²) in [6.07, 6.45) is 3.05. The molecule has 0 N–H and O–H groups in total. The summed E-state index contributed by atoms with van der Waals surface area (Å²) in [4.78, 5) is 0. The monoisotopic (exact) mass is 232 g/mol. The third kappa shape index (κ3) is 4.02. The molecular weight excluding hydrogens is 207 g/mol. The van der Waals surface area contributed by atoms with Gasteiger partial charge in [0.15, 0.2) is 5.79 Å². The predicted molar refractivity (Wildman–Crippen MR) is 63.1 cm³/mol. The van der Waals surface area contributed by atoms with Crippen molar-refractivity contribution in [3.05, 3.63) is 0 Å². The number of alkyl halides is 1. The SMILES string of the molecule is CCC[C@H](CF)[C@@H](C)C[C@@H]1COC(C)(C)O1. The van der Waals surface area contributed by atoms with Gasteiger partial charge in [0.25, 0.3) is 0 Å². The molecule has 1 heterocycles. The van der Waals surface area contributed by atoms with E-state index in [4.69, 9.17) is 9.47 Å². The average Bonchev–Trinajstić information content (AvgIpc) is 2.54.